The Morgan fingerprint density at radius 1 is 1.39 bits per heavy atom. The molecule has 2 aliphatic rings. The van der Waals surface area contributed by atoms with Gasteiger partial charge in [0.2, 0.25) is 5.82 Å². The average Bonchev–Trinajstić information content (AvgIpc) is 3.49. The molecule has 0 saturated carbocycles. The molecule has 8 nitrogen and oxygen atoms in total. The number of halogens is 1. The summed E-state index contributed by atoms with van der Waals surface area (Å²) in [5.41, 5.74) is 0. The highest BCUT2D eigenvalue weighted by Crippen LogP contribution is 2.18. The number of nitrogens with zero attached hydrogens (tertiary/aromatic N) is 5. The number of guanidine groups is 1. The number of furan rings is 1. The zero-order chi connectivity index (χ0) is 18.5. The van der Waals surface area contributed by atoms with Gasteiger partial charge in [0.15, 0.2) is 11.7 Å². The van der Waals surface area contributed by atoms with E-state index in [1.807, 2.05) is 12.1 Å². The van der Waals surface area contributed by atoms with E-state index in [0.717, 1.165) is 50.9 Å². The second-order valence-electron chi connectivity index (χ2n) is 6.88. The highest BCUT2D eigenvalue weighted by molar-refractivity contribution is 14.0. The van der Waals surface area contributed by atoms with Crippen molar-refractivity contribution in [1.29, 1.82) is 0 Å². The molecule has 0 spiro atoms. The molecule has 4 heterocycles. The Kier molecular flexibility index (Phi) is 7.49. The maximum Gasteiger partial charge on any atom is 0.216 e. The van der Waals surface area contributed by atoms with E-state index in [1.165, 1.54) is 6.42 Å². The van der Waals surface area contributed by atoms with E-state index in [4.69, 9.17) is 9.41 Å². The summed E-state index contributed by atoms with van der Waals surface area (Å²) in [5, 5.41) is 10.6. The lowest BCUT2D eigenvalue weighted by molar-refractivity contribution is 0.259. The minimum Gasteiger partial charge on any atom is -0.461 e. The molecule has 0 amide bonds. The molecule has 4 rings (SSSR count). The molecule has 0 aliphatic carbocycles. The molecular weight excluding hydrogens is 469 g/mol. The topological polar surface area (TPSA) is 85.6 Å². The van der Waals surface area contributed by atoms with Crippen LogP contribution in [0.3, 0.4) is 0 Å². The predicted octanol–water partition coefficient (Wildman–Crippen LogP) is 2.14. The predicted molar refractivity (Wildman–Crippen MR) is 120 cm³/mol. The van der Waals surface area contributed by atoms with Crippen LogP contribution in [-0.2, 0) is 6.42 Å². The van der Waals surface area contributed by atoms with Crippen LogP contribution in [0, 0.1) is 0 Å². The Morgan fingerprint density at radius 3 is 3.00 bits per heavy atom. The van der Waals surface area contributed by atoms with Crippen molar-refractivity contribution in [2.75, 3.05) is 39.3 Å². The molecule has 1 saturated heterocycles. The van der Waals surface area contributed by atoms with Gasteiger partial charge in [-0.1, -0.05) is 12.2 Å². The van der Waals surface area contributed by atoms with Crippen LogP contribution in [0.25, 0.3) is 11.6 Å². The first-order valence-electron chi connectivity index (χ1n) is 9.71. The third-order valence-corrected chi connectivity index (χ3v) is 5.04. The molecule has 9 heteroatoms. The quantitative estimate of drug-likeness (QED) is 0.276. The van der Waals surface area contributed by atoms with Gasteiger partial charge in [-0.25, -0.2) is 4.98 Å². The summed E-state index contributed by atoms with van der Waals surface area (Å²) in [6.07, 6.45) is 8.06. The fourth-order valence-electron chi connectivity index (χ4n) is 3.64. The van der Waals surface area contributed by atoms with E-state index in [1.54, 1.807) is 6.26 Å². The average molecular weight is 497 g/mol. The number of likely N-dealkylation sites (tertiary alicyclic amines) is 1. The van der Waals surface area contributed by atoms with Gasteiger partial charge in [0.1, 0.15) is 5.82 Å². The van der Waals surface area contributed by atoms with Crippen molar-refractivity contribution in [1.82, 2.24) is 30.3 Å². The number of aromatic amines is 1. The Bertz CT molecular complexity index is 778. The van der Waals surface area contributed by atoms with Gasteiger partial charge in [-0.3, -0.25) is 15.0 Å². The fraction of sp³-hybridized carbons (Fsp3) is 0.526. The van der Waals surface area contributed by atoms with Gasteiger partial charge in [0.25, 0.3) is 0 Å². The second kappa shape index (κ2) is 10.1. The highest BCUT2D eigenvalue weighted by atomic mass is 127. The molecule has 1 unspecified atom stereocenters. The number of hydrogen-bond acceptors (Lipinski definition) is 5. The first-order valence-corrected chi connectivity index (χ1v) is 9.71. The zero-order valence-corrected chi connectivity index (χ0v) is 18.5. The molecule has 2 N–H and O–H groups in total. The first-order chi connectivity index (χ1) is 13.3. The van der Waals surface area contributed by atoms with Gasteiger partial charge in [0.05, 0.1) is 6.26 Å². The van der Waals surface area contributed by atoms with Gasteiger partial charge < -0.3 is 14.6 Å². The second-order valence-corrected chi connectivity index (χ2v) is 6.88. The Hall–Kier alpha value is -1.88. The van der Waals surface area contributed by atoms with E-state index in [0.29, 0.717) is 24.2 Å². The fourth-order valence-corrected chi connectivity index (χ4v) is 3.64. The number of H-pyrrole nitrogens is 1. The molecule has 2 aromatic heterocycles. The van der Waals surface area contributed by atoms with Crippen LogP contribution >= 0.6 is 24.0 Å². The van der Waals surface area contributed by atoms with Crippen LogP contribution in [0.1, 0.15) is 19.2 Å². The molecule has 0 aromatic carbocycles. The van der Waals surface area contributed by atoms with Crippen molar-refractivity contribution < 1.29 is 4.42 Å². The maximum atomic E-state index is 5.33. The van der Waals surface area contributed by atoms with E-state index < -0.39 is 0 Å². The third-order valence-electron chi connectivity index (χ3n) is 5.04. The molecule has 28 heavy (non-hydrogen) atoms. The summed E-state index contributed by atoms with van der Waals surface area (Å²) in [6.45, 7) is 7.90. The lowest BCUT2D eigenvalue weighted by atomic mass is 10.2. The van der Waals surface area contributed by atoms with E-state index in [9.17, 15) is 0 Å². The van der Waals surface area contributed by atoms with Crippen LogP contribution < -0.4 is 5.32 Å². The summed E-state index contributed by atoms with van der Waals surface area (Å²) in [5.74, 6) is 3.09. The van der Waals surface area contributed by atoms with Crippen molar-refractivity contribution >= 4 is 29.9 Å². The van der Waals surface area contributed by atoms with E-state index in [-0.39, 0.29) is 24.0 Å². The molecule has 0 bridgehead atoms. The van der Waals surface area contributed by atoms with Crippen molar-refractivity contribution in [3.8, 4) is 11.6 Å². The summed E-state index contributed by atoms with van der Waals surface area (Å²) in [7, 11) is 0. The molecule has 2 aliphatic heterocycles. The van der Waals surface area contributed by atoms with Crippen LogP contribution in [-0.4, -0.2) is 76.3 Å². The van der Waals surface area contributed by atoms with Gasteiger partial charge >= 0.3 is 0 Å². The molecule has 0 radical (unpaired) electrons. The standard InChI is InChI=1S/C19H27N7O.HI/c1-2-20-19(26-12-8-15(14-26)25-10-3-4-11-25)21-9-7-17-22-18(24-23-17)16-6-5-13-27-16;/h3-6,13,15H,2,7-12,14H2,1H3,(H,20,21)(H,22,23,24);1H. The van der Waals surface area contributed by atoms with E-state index in [2.05, 4.69) is 49.4 Å². The smallest absolute Gasteiger partial charge is 0.216 e. The number of nitrogens with one attached hydrogen (secondary N) is 2. The van der Waals surface area contributed by atoms with Crippen LogP contribution in [0.15, 0.2) is 40.0 Å². The number of aliphatic imine (C=N–C) groups is 1. The van der Waals surface area contributed by atoms with E-state index >= 15 is 0 Å². The minimum atomic E-state index is 0. The van der Waals surface area contributed by atoms with Crippen molar-refractivity contribution in [3.05, 3.63) is 36.4 Å². The molecule has 2 aromatic rings. The molecular formula is C19H28IN7O. The third kappa shape index (κ3) is 4.93. The van der Waals surface area contributed by atoms with Crippen LogP contribution in [0.4, 0.5) is 0 Å². The van der Waals surface area contributed by atoms with Crippen LogP contribution in [0.2, 0.25) is 0 Å². The Balaban J connectivity index is 0.00000225. The highest BCUT2D eigenvalue weighted by Gasteiger charge is 2.29. The SMILES string of the molecule is CCNC(=NCCc1nc(-c2ccco2)n[nH]1)N1CCC(N2CC=CC2)C1.I. The number of rotatable bonds is 6. The monoisotopic (exact) mass is 497 g/mol. The molecule has 152 valence electrons. The zero-order valence-electron chi connectivity index (χ0n) is 16.2. The largest absolute Gasteiger partial charge is 0.461 e. The van der Waals surface area contributed by atoms with Crippen molar-refractivity contribution in [3.63, 3.8) is 0 Å². The van der Waals surface area contributed by atoms with Crippen LogP contribution in [0.5, 0.6) is 0 Å². The summed E-state index contributed by atoms with van der Waals surface area (Å²) < 4.78 is 5.33. The van der Waals surface area contributed by atoms with Gasteiger partial charge in [-0.2, -0.15) is 5.10 Å². The number of hydrogen-bond donors (Lipinski definition) is 2. The van der Waals surface area contributed by atoms with Crippen molar-refractivity contribution in [2.45, 2.75) is 25.8 Å². The minimum absolute atomic E-state index is 0. The molecule has 1 fully saturated rings. The summed E-state index contributed by atoms with van der Waals surface area (Å²) in [4.78, 5) is 14.2. The Morgan fingerprint density at radius 2 is 2.25 bits per heavy atom. The lowest BCUT2D eigenvalue weighted by Crippen LogP contribution is -2.43. The maximum absolute atomic E-state index is 5.33. The summed E-state index contributed by atoms with van der Waals surface area (Å²) in [6, 6.07) is 4.31. The van der Waals surface area contributed by atoms with Gasteiger partial charge in [-0.05, 0) is 25.5 Å². The number of aromatic nitrogens is 3. The first kappa shape index (κ1) is 20.8. The lowest BCUT2D eigenvalue weighted by Gasteiger charge is -2.25. The van der Waals surface area contributed by atoms with Gasteiger partial charge in [-0.15, -0.1) is 24.0 Å². The molecule has 1 atom stereocenters. The van der Waals surface area contributed by atoms with Gasteiger partial charge in [0, 0.05) is 51.7 Å². The normalized spacial score (nSPS) is 20.0. The Labute approximate surface area is 182 Å². The summed E-state index contributed by atoms with van der Waals surface area (Å²) >= 11 is 0. The van der Waals surface area contributed by atoms with Crippen molar-refractivity contribution in [2.24, 2.45) is 4.99 Å².